The zero-order valence-electron chi connectivity index (χ0n) is 8.60. The van der Waals surface area contributed by atoms with E-state index in [9.17, 15) is 4.39 Å². The van der Waals surface area contributed by atoms with Gasteiger partial charge in [0.15, 0.2) is 0 Å². The number of benzene rings is 1. The quantitative estimate of drug-likeness (QED) is 0.579. The Morgan fingerprint density at radius 2 is 2.00 bits per heavy atom. The Morgan fingerprint density at radius 1 is 1.36 bits per heavy atom. The lowest BCUT2D eigenvalue weighted by molar-refractivity contribution is 0.585. The first-order valence-corrected chi connectivity index (χ1v) is 5.41. The maximum Gasteiger partial charge on any atom is 0.130 e. The Hall–Kier alpha value is -0.540. The minimum Gasteiger partial charge on any atom is -0.304 e. The van der Waals surface area contributed by atoms with Crippen molar-refractivity contribution in [2.75, 3.05) is 5.88 Å². The van der Waals surface area contributed by atoms with Gasteiger partial charge in [-0.3, -0.25) is 0 Å². The van der Waals surface area contributed by atoms with Crippen LogP contribution in [0.5, 0.6) is 0 Å². The van der Waals surface area contributed by atoms with Crippen LogP contribution < -0.4 is 5.32 Å². The Bertz CT molecular complexity index is 312. The normalized spacial score (nSPS) is 10.6. The van der Waals surface area contributed by atoms with E-state index < -0.39 is 0 Å². The molecule has 0 radical (unpaired) electrons. The third kappa shape index (κ3) is 2.72. The van der Waals surface area contributed by atoms with E-state index >= 15 is 0 Å². The van der Waals surface area contributed by atoms with Crippen LogP contribution in [0.3, 0.4) is 0 Å². The van der Waals surface area contributed by atoms with Gasteiger partial charge in [0.1, 0.15) is 5.82 Å². The number of aryl methyl sites for hydroxylation is 2. The zero-order valence-corrected chi connectivity index (χ0v) is 9.50. The molecule has 0 saturated heterocycles. The van der Waals surface area contributed by atoms with Crippen LogP contribution in [-0.2, 0) is 13.0 Å². The monoisotopic (exact) mass is 213 g/mol. The summed E-state index contributed by atoms with van der Waals surface area (Å²) in [5.41, 5.74) is 2.64. The largest absolute Gasteiger partial charge is 0.304 e. The number of hydrogen-bond acceptors (Lipinski definition) is 2. The van der Waals surface area contributed by atoms with Crippen LogP contribution in [0.2, 0.25) is 0 Å². The minimum atomic E-state index is -0.0765. The molecule has 0 saturated carbocycles. The van der Waals surface area contributed by atoms with Gasteiger partial charge in [-0.2, -0.15) is 12.6 Å². The summed E-state index contributed by atoms with van der Waals surface area (Å²) in [5, 5.41) is 3.01. The molecule has 1 nitrogen and oxygen atoms in total. The Morgan fingerprint density at radius 3 is 2.57 bits per heavy atom. The highest BCUT2D eigenvalue weighted by Crippen LogP contribution is 2.16. The predicted molar refractivity (Wildman–Crippen MR) is 61.2 cm³/mol. The Balaban J connectivity index is 2.96. The molecule has 0 amide bonds. The second-order valence-electron chi connectivity index (χ2n) is 3.34. The van der Waals surface area contributed by atoms with Gasteiger partial charge in [0.25, 0.3) is 0 Å². The van der Waals surface area contributed by atoms with Gasteiger partial charge in [0.2, 0.25) is 0 Å². The van der Waals surface area contributed by atoms with Crippen LogP contribution in [0.15, 0.2) is 12.1 Å². The molecule has 0 aromatic heterocycles. The second-order valence-corrected chi connectivity index (χ2v) is 3.65. The SMILES string of the molecule is CCc1cc(C)cc(CNCS)c1F. The van der Waals surface area contributed by atoms with Crippen molar-refractivity contribution in [2.45, 2.75) is 26.8 Å². The van der Waals surface area contributed by atoms with Crippen molar-refractivity contribution in [1.82, 2.24) is 5.32 Å². The molecule has 0 bridgehead atoms. The number of nitrogens with one attached hydrogen (secondary N) is 1. The second kappa shape index (κ2) is 5.37. The van der Waals surface area contributed by atoms with E-state index in [-0.39, 0.29) is 5.82 Å². The Labute approximate surface area is 90.1 Å². The van der Waals surface area contributed by atoms with Crippen molar-refractivity contribution >= 4 is 12.6 Å². The van der Waals surface area contributed by atoms with Crippen molar-refractivity contribution in [2.24, 2.45) is 0 Å². The fourth-order valence-electron chi connectivity index (χ4n) is 1.50. The molecule has 0 unspecified atom stereocenters. The molecule has 1 aromatic rings. The first-order valence-electron chi connectivity index (χ1n) is 4.78. The van der Waals surface area contributed by atoms with Crippen LogP contribution in [0.25, 0.3) is 0 Å². The van der Waals surface area contributed by atoms with Crippen LogP contribution in [0, 0.1) is 12.7 Å². The molecule has 0 aliphatic heterocycles. The molecule has 0 atom stereocenters. The fourth-order valence-corrected chi connectivity index (χ4v) is 1.61. The molecule has 1 N–H and O–H groups in total. The molecule has 1 rings (SSSR count). The standard InChI is InChI=1S/C11H16FNS/c1-3-9-4-8(2)5-10(11(9)12)6-13-7-14/h4-5,13-14H,3,6-7H2,1-2H3. The molecule has 3 heteroatoms. The van der Waals surface area contributed by atoms with Crippen LogP contribution in [0.4, 0.5) is 4.39 Å². The van der Waals surface area contributed by atoms with E-state index in [0.717, 1.165) is 23.1 Å². The lowest BCUT2D eigenvalue weighted by atomic mass is 10.0. The highest BCUT2D eigenvalue weighted by Gasteiger charge is 2.07. The van der Waals surface area contributed by atoms with Gasteiger partial charge in [-0.05, 0) is 18.9 Å². The summed E-state index contributed by atoms with van der Waals surface area (Å²) in [6.07, 6.45) is 0.737. The van der Waals surface area contributed by atoms with Gasteiger partial charge in [-0.1, -0.05) is 24.6 Å². The van der Waals surface area contributed by atoms with E-state index in [1.165, 1.54) is 0 Å². The minimum absolute atomic E-state index is 0.0765. The average Bonchev–Trinajstić information content (AvgIpc) is 2.18. The fraction of sp³-hybridized carbons (Fsp3) is 0.455. The van der Waals surface area contributed by atoms with Crippen LogP contribution in [-0.4, -0.2) is 5.88 Å². The summed E-state index contributed by atoms with van der Waals surface area (Å²) in [6, 6.07) is 3.78. The lowest BCUT2D eigenvalue weighted by Crippen LogP contribution is -2.12. The maximum atomic E-state index is 13.7. The van der Waals surface area contributed by atoms with Crippen molar-refractivity contribution in [1.29, 1.82) is 0 Å². The van der Waals surface area contributed by atoms with E-state index in [1.54, 1.807) is 0 Å². The average molecular weight is 213 g/mol. The molecule has 78 valence electrons. The molecule has 1 aromatic carbocycles. The molecular weight excluding hydrogens is 197 g/mol. The number of rotatable bonds is 4. The molecule has 0 aliphatic rings. The summed E-state index contributed by atoms with van der Waals surface area (Å²) in [4.78, 5) is 0. The zero-order chi connectivity index (χ0) is 10.6. The van der Waals surface area contributed by atoms with E-state index in [4.69, 9.17) is 0 Å². The molecule has 14 heavy (non-hydrogen) atoms. The van der Waals surface area contributed by atoms with E-state index in [1.807, 2.05) is 26.0 Å². The highest BCUT2D eigenvalue weighted by atomic mass is 32.1. The third-order valence-electron chi connectivity index (χ3n) is 2.18. The summed E-state index contributed by atoms with van der Waals surface area (Å²) in [6.45, 7) is 4.50. The summed E-state index contributed by atoms with van der Waals surface area (Å²) in [5.74, 6) is 0.488. The summed E-state index contributed by atoms with van der Waals surface area (Å²) >= 11 is 4.03. The van der Waals surface area contributed by atoms with Gasteiger partial charge in [-0.15, -0.1) is 0 Å². The highest BCUT2D eigenvalue weighted by molar-refractivity contribution is 7.80. The molecule has 0 spiro atoms. The van der Waals surface area contributed by atoms with Gasteiger partial charge in [0.05, 0.1) is 0 Å². The molecule has 0 fully saturated rings. The summed E-state index contributed by atoms with van der Waals surface area (Å²) < 4.78 is 13.7. The van der Waals surface area contributed by atoms with Crippen LogP contribution >= 0.6 is 12.6 Å². The number of halogens is 1. The molecular formula is C11H16FNS. The third-order valence-corrected chi connectivity index (χ3v) is 2.40. The first-order chi connectivity index (χ1) is 6.69. The molecule has 0 heterocycles. The maximum absolute atomic E-state index is 13.7. The number of hydrogen-bond donors (Lipinski definition) is 2. The lowest BCUT2D eigenvalue weighted by Gasteiger charge is -2.09. The van der Waals surface area contributed by atoms with Crippen molar-refractivity contribution in [3.63, 3.8) is 0 Å². The van der Waals surface area contributed by atoms with E-state index in [2.05, 4.69) is 17.9 Å². The van der Waals surface area contributed by atoms with Crippen molar-refractivity contribution < 1.29 is 4.39 Å². The van der Waals surface area contributed by atoms with Gasteiger partial charge in [0, 0.05) is 18.0 Å². The first kappa shape index (κ1) is 11.5. The predicted octanol–water partition coefficient (Wildman–Crippen LogP) is 2.67. The van der Waals surface area contributed by atoms with Gasteiger partial charge >= 0.3 is 0 Å². The van der Waals surface area contributed by atoms with Gasteiger partial charge in [-0.25, -0.2) is 4.39 Å². The van der Waals surface area contributed by atoms with Gasteiger partial charge < -0.3 is 5.32 Å². The Kier molecular flexibility index (Phi) is 4.42. The topological polar surface area (TPSA) is 12.0 Å². The van der Waals surface area contributed by atoms with E-state index in [0.29, 0.717) is 12.4 Å². The van der Waals surface area contributed by atoms with Crippen molar-refractivity contribution in [3.8, 4) is 0 Å². The smallest absolute Gasteiger partial charge is 0.130 e. The summed E-state index contributed by atoms with van der Waals surface area (Å²) in [7, 11) is 0. The number of thiol groups is 1. The van der Waals surface area contributed by atoms with Crippen molar-refractivity contribution in [3.05, 3.63) is 34.6 Å². The van der Waals surface area contributed by atoms with Crippen LogP contribution in [0.1, 0.15) is 23.6 Å². The molecule has 0 aliphatic carbocycles.